The number of H-pyrrole nitrogens is 2. The molecule has 47 heavy (non-hydrogen) atoms. The van der Waals surface area contributed by atoms with E-state index in [1.54, 1.807) is 6.07 Å². The summed E-state index contributed by atoms with van der Waals surface area (Å²) >= 11 is 0. The molecule has 1 unspecified atom stereocenters. The second-order valence-corrected chi connectivity index (χ2v) is 12.8. The van der Waals surface area contributed by atoms with Crippen LogP contribution >= 0.6 is 0 Å². The molecule has 0 radical (unpaired) electrons. The number of fused-ring (bicyclic) bond motifs is 1. The number of anilines is 3. The van der Waals surface area contributed by atoms with E-state index in [1.807, 2.05) is 18.2 Å². The first kappa shape index (κ1) is 32.2. The van der Waals surface area contributed by atoms with Crippen molar-refractivity contribution >= 4 is 34.1 Å². The summed E-state index contributed by atoms with van der Waals surface area (Å²) < 4.78 is 16.2. The van der Waals surface area contributed by atoms with E-state index in [0.717, 1.165) is 63.5 Å². The lowest BCUT2D eigenvalue weighted by atomic mass is 10.0. The number of likely N-dealkylation sites (tertiary alicyclic amines) is 1. The normalized spacial score (nSPS) is 16.5. The second kappa shape index (κ2) is 13.6. The third kappa shape index (κ3) is 7.17. The van der Waals surface area contributed by atoms with Gasteiger partial charge in [-0.3, -0.25) is 19.1 Å². The lowest BCUT2D eigenvalue weighted by molar-refractivity contribution is 0.0694. The van der Waals surface area contributed by atoms with Crippen molar-refractivity contribution in [3.05, 3.63) is 95.7 Å². The Morgan fingerprint density at radius 1 is 1.04 bits per heavy atom. The van der Waals surface area contributed by atoms with Crippen molar-refractivity contribution in [2.75, 3.05) is 36.8 Å². The van der Waals surface area contributed by atoms with Crippen molar-refractivity contribution in [2.24, 2.45) is 5.92 Å². The first-order valence-electron chi connectivity index (χ1n) is 16.4. The van der Waals surface area contributed by atoms with Crippen LogP contribution in [0.25, 0.3) is 10.9 Å². The van der Waals surface area contributed by atoms with Gasteiger partial charge in [-0.05, 0) is 99.8 Å². The Morgan fingerprint density at radius 2 is 1.83 bits per heavy atom. The molecule has 2 fully saturated rings. The van der Waals surface area contributed by atoms with Crippen LogP contribution < -0.4 is 27.3 Å². The molecule has 11 nitrogen and oxygen atoms in total. The lowest BCUT2D eigenvalue weighted by Gasteiger charge is -2.17. The van der Waals surface area contributed by atoms with Gasteiger partial charge in [-0.15, -0.1) is 0 Å². The van der Waals surface area contributed by atoms with Crippen LogP contribution in [0.3, 0.4) is 0 Å². The zero-order chi connectivity index (χ0) is 33.2. The van der Waals surface area contributed by atoms with Gasteiger partial charge in [0, 0.05) is 48.4 Å². The number of rotatable bonds is 13. The molecule has 248 valence electrons. The minimum absolute atomic E-state index is 0.0206. The Labute approximate surface area is 270 Å². The molecule has 1 atom stereocenters. The summed E-state index contributed by atoms with van der Waals surface area (Å²) in [4.78, 5) is 58.3. The molecule has 4 aromatic rings. The fourth-order valence-corrected chi connectivity index (χ4v) is 6.58. The average Bonchev–Trinajstić information content (AvgIpc) is 3.78. The molecule has 12 heteroatoms. The second-order valence-electron chi connectivity index (χ2n) is 12.8. The summed E-state index contributed by atoms with van der Waals surface area (Å²) in [6.07, 6.45) is 4.99. The number of halogens is 1. The van der Waals surface area contributed by atoms with Crippen LogP contribution in [0.15, 0.2) is 50.8 Å². The highest BCUT2D eigenvalue weighted by atomic mass is 19.1. The summed E-state index contributed by atoms with van der Waals surface area (Å²) in [7, 11) is 0. The van der Waals surface area contributed by atoms with Crippen molar-refractivity contribution in [3.8, 4) is 0 Å². The first-order chi connectivity index (χ1) is 22.6. The van der Waals surface area contributed by atoms with Crippen molar-refractivity contribution < 1.29 is 14.3 Å². The maximum absolute atomic E-state index is 15.0. The van der Waals surface area contributed by atoms with Crippen LogP contribution in [0.5, 0.6) is 0 Å². The van der Waals surface area contributed by atoms with Gasteiger partial charge >= 0.3 is 11.7 Å². The highest BCUT2D eigenvalue weighted by Crippen LogP contribution is 2.40. The van der Waals surface area contributed by atoms with E-state index in [9.17, 15) is 28.7 Å². The number of carbonyl (C=O) groups is 1. The number of unbranched alkanes of at least 4 members (excludes halogenated alkanes) is 1. The van der Waals surface area contributed by atoms with Crippen molar-refractivity contribution in [3.63, 3.8) is 0 Å². The fraction of sp³-hybridized carbons (Fsp3) is 0.429. The number of aromatic nitrogens is 3. The van der Waals surface area contributed by atoms with Gasteiger partial charge in [0.25, 0.3) is 5.56 Å². The third-order valence-corrected chi connectivity index (χ3v) is 9.40. The molecule has 5 N–H and O–H groups in total. The SMILES string of the molecule is CCc1cc(Nc2cc(=O)n(CCCCN3CCC(CNc4cc5[nH]c(C6CC6)c(C(=O)O)c(=O)c5cc4F)C3)c(=O)[nH]2)ccc1C. The summed E-state index contributed by atoms with van der Waals surface area (Å²) in [5, 5.41) is 16.0. The van der Waals surface area contributed by atoms with E-state index in [0.29, 0.717) is 42.5 Å². The van der Waals surface area contributed by atoms with Gasteiger partial charge in [0.15, 0.2) is 0 Å². The number of hydrogen-bond acceptors (Lipinski definition) is 7. The van der Waals surface area contributed by atoms with Crippen molar-refractivity contribution in [2.45, 2.75) is 64.8 Å². The van der Waals surface area contributed by atoms with Gasteiger partial charge in [0.05, 0.1) is 11.2 Å². The number of aryl methyl sites for hydroxylation is 2. The summed E-state index contributed by atoms with van der Waals surface area (Å²) in [5.41, 5.74) is 2.61. The monoisotopic (exact) mass is 644 g/mol. The van der Waals surface area contributed by atoms with Crippen LogP contribution in [0.1, 0.15) is 72.1 Å². The maximum Gasteiger partial charge on any atom is 0.341 e. The highest BCUT2D eigenvalue weighted by Gasteiger charge is 2.32. The zero-order valence-electron chi connectivity index (χ0n) is 26.7. The maximum atomic E-state index is 15.0. The van der Waals surface area contributed by atoms with Gasteiger partial charge < -0.3 is 25.6 Å². The number of nitrogens with zero attached hydrogens (tertiary/aromatic N) is 2. The smallest absolute Gasteiger partial charge is 0.341 e. The largest absolute Gasteiger partial charge is 0.477 e. The van der Waals surface area contributed by atoms with Crippen LogP contribution in [0.4, 0.5) is 21.6 Å². The van der Waals surface area contributed by atoms with E-state index >= 15 is 0 Å². The van der Waals surface area contributed by atoms with E-state index in [4.69, 9.17) is 0 Å². The number of carboxylic acid groups (broad SMARTS) is 1. The van der Waals surface area contributed by atoms with Crippen LogP contribution in [0, 0.1) is 18.7 Å². The molecule has 1 aliphatic carbocycles. The Balaban J connectivity index is 0.990. The fourth-order valence-electron chi connectivity index (χ4n) is 6.58. The first-order valence-corrected chi connectivity index (χ1v) is 16.4. The number of nitrogens with one attached hydrogen (secondary N) is 4. The van der Waals surface area contributed by atoms with Gasteiger partial charge in [-0.2, -0.15) is 0 Å². The van der Waals surface area contributed by atoms with Gasteiger partial charge in [0.1, 0.15) is 17.2 Å². The molecule has 2 aromatic carbocycles. The van der Waals surface area contributed by atoms with E-state index in [2.05, 4.69) is 39.3 Å². The molecule has 0 amide bonds. The summed E-state index contributed by atoms with van der Waals surface area (Å²) in [6.45, 7) is 7.60. The topological polar surface area (TPSA) is 152 Å². The third-order valence-electron chi connectivity index (χ3n) is 9.40. The molecule has 2 aliphatic rings. The van der Waals surface area contributed by atoms with Crippen molar-refractivity contribution in [1.82, 2.24) is 19.4 Å². The minimum Gasteiger partial charge on any atom is -0.477 e. The number of carboxylic acids is 1. The Kier molecular flexibility index (Phi) is 9.31. The lowest BCUT2D eigenvalue weighted by Crippen LogP contribution is -2.35. The predicted molar refractivity (Wildman–Crippen MR) is 181 cm³/mol. The predicted octanol–water partition coefficient (Wildman–Crippen LogP) is 4.92. The summed E-state index contributed by atoms with van der Waals surface area (Å²) in [6, 6.07) is 10.1. The number of hydrogen-bond donors (Lipinski definition) is 5. The quantitative estimate of drug-likeness (QED) is 0.129. The molecule has 1 aliphatic heterocycles. The molecular weight excluding hydrogens is 603 g/mol. The molecule has 1 saturated heterocycles. The number of benzene rings is 2. The molecule has 0 bridgehead atoms. The van der Waals surface area contributed by atoms with Gasteiger partial charge in [0.2, 0.25) is 5.43 Å². The van der Waals surface area contributed by atoms with Gasteiger partial charge in [-0.25, -0.2) is 14.0 Å². The Hall–Kier alpha value is -4.71. The molecule has 6 rings (SSSR count). The van der Waals surface area contributed by atoms with E-state index in [1.165, 1.54) is 21.8 Å². The van der Waals surface area contributed by atoms with Crippen LogP contribution in [0.2, 0.25) is 0 Å². The Morgan fingerprint density at radius 3 is 2.55 bits per heavy atom. The number of aromatic amines is 2. The molecule has 2 aromatic heterocycles. The molecular formula is C35H41FN6O5. The number of pyridine rings is 1. The highest BCUT2D eigenvalue weighted by molar-refractivity contribution is 5.95. The standard InChI is InChI=1S/C35H41FN6O5/c1-3-22-14-24(9-6-20(22)2)38-29-17-30(43)42(35(47)40-29)12-5-4-11-41-13-10-21(19-41)18-37-28-16-27-25(15-26(28)36)33(44)31(34(45)46)32(39-27)23-7-8-23/h6,9,14-17,21,23,37-38H,3-5,7-8,10-13,18-19H2,1-2H3,(H,39,44)(H,40,47)(H,45,46). The summed E-state index contributed by atoms with van der Waals surface area (Å²) in [5.74, 6) is -1.20. The van der Waals surface area contributed by atoms with E-state index < -0.39 is 22.9 Å². The van der Waals surface area contributed by atoms with Crippen LogP contribution in [-0.2, 0) is 13.0 Å². The molecule has 0 spiro atoms. The Bertz CT molecular complexity index is 1960. The zero-order valence-corrected chi connectivity index (χ0v) is 26.7. The van der Waals surface area contributed by atoms with Gasteiger partial charge in [-0.1, -0.05) is 13.0 Å². The minimum atomic E-state index is -1.29. The van der Waals surface area contributed by atoms with E-state index in [-0.39, 0.29) is 28.1 Å². The van der Waals surface area contributed by atoms with Crippen LogP contribution in [-0.4, -0.2) is 56.7 Å². The number of aromatic carboxylic acids is 1. The van der Waals surface area contributed by atoms with Crippen molar-refractivity contribution in [1.29, 1.82) is 0 Å². The molecule has 3 heterocycles. The molecule has 1 saturated carbocycles. The average molecular weight is 645 g/mol.